The molecule has 142 valence electrons. The standard InChI is InChI=1S/C18H25N3O3S2/c1-10-6-5-7-12(11(10)2)19-15(22)9-24-17(23)14-8-13-16(25-14)20-18(26-13)21(3)4/h8,10-12H,5-7,9H2,1-4H3,(H,19,22)/t10-,11-,12+/m1/s1. The van der Waals surface area contributed by atoms with E-state index in [0.717, 1.165) is 27.5 Å². The summed E-state index contributed by atoms with van der Waals surface area (Å²) in [6.07, 6.45) is 3.33. The second kappa shape index (κ2) is 7.92. The topological polar surface area (TPSA) is 71.5 Å². The Bertz CT molecular complexity index is 767. The van der Waals surface area contributed by atoms with Crippen LogP contribution in [0.15, 0.2) is 6.07 Å². The van der Waals surface area contributed by atoms with Crippen LogP contribution in [0.1, 0.15) is 42.8 Å². The van der Waals surface area contributed by atoms with Crippen LogP contribution in [0.3, 0.4) is 0 Å². The van der Waals surface area contributed by atoms with Gasteiger partial charge in [0, 0.05) is 20.1 Å². The summed E-state index contributed by atoms with van der Waals surface area (Å²) in [5.74, 6) is 0.363. The van der Waals surface area contributed by atoms with Crippen LogP contribution in [0, 0.1) is 11.8 Å². The van der Waals surface area contributed by atoms with Gasteiger partial charge in [-0.2, -0.15) is 0 Å². The van der Waals surface area contributed by atoms with Gasteiger partial charge < -0.3 is 15.0 Å². The fourth-order valence-electron chi connectivity index (χ4n) is 3.25. The Balaban J connectivity index is 1.53. The van der Waals surface area contributed by atoms with Crippen molar-refractivity contribution in [2.45, 2.75) is 39.2 Å². The molecule has 6 nitrogen and oxygen atoms in total. The summed E-state index contributed by atoms with van der Waals surface area (Å²) in [6.45, 7) is 4.16. The van der Waals surface area contributed by atoms with E-state index in [1.807, 2.05) is 19.0 Å². The third kappa shape index (κ3) is 4.17. The SMILES string of the molecule is C[C@@H]1[C@H](C)CCC[C@@H]1NC(=O)COC(=O)c1cc2sc(N(C)C)nc2s1. The fraction of sp³-hybridized carbons (Fsp3) is 0.611. The smallest absolute Gasteiger partial charge is 0.348 e. The zero-order chi connectivity index (χ0) is 18.8. The van der Waals surface area contributed by atoms with Gasteiger partial charge in [0.1, 0.15) is 9.71 Å². The molecule has 8 heteroatoms. The average molecular weight is 396 g/mol. The molecule has 3 atom stereocenters. The number of thiophene rings is 1. The van der Waals surface area contributed by atoms with E-state index >= 15 is 0 Å². The van der Waals surface area contributed by atoms with Crippen LogP contribution in [0.2, 0.25) is 0 Å². The average Bonchev–Trinajstić information content (AvgIpc) is 3.16. The number of fused-ring (bicyclic) bond motifs is 1. The van der Waals surface area contributed by atoms with Crippen molar-refractivity contribution >= 4 is 49.2 Å². The number of anilines is 1. The second-order valence-corrected chi connectivity index (χ2v) is 9.23. The second-order valence-electron chi connectivity index (χ2n) is 7.19. The minimum atomic E-state index is -0.466. The third-order valence-corrected chi connectivity index (χ3v) is 7.36. The molecular weight excluding hydrogens is 370 g/mol. The highest BCUT2D eigenvalue weighted by Crippen LogP contribution is 2.34. The van der Waals surface area contributed by atoms with E-state index in [0.29, 0.717) is 16.7 Å². The maximum Gasteiger partial charge on any atom is 0.348 e. The van der Waals surface area contributed by atoms with Crippen LogP contribution in [-0.4, -0.2) is 43.6 Å². The Kier molecular flexibility index (Phi) is 5.82. The quantitative estimate of drug-likeness (QED) is 0.784. The number of hydrogen-bond donors (Lipinski definition) is 1. The molecule has 0 bridgehead atoms. The van der Waals surface area contributed by atoms with Crippen molar-refractivity contribution < 1.29 is 14.3 Å². The first-order valence-corrected chi connectivity index (χ1v) is 10.5. The van der Waals surface area contributed by atoms with Crippen molar-refractivity contribution in [3.8, 4) is 0 Å². The molecule has 1 N–H and O–H groups in total. The van der Waals surface area contributed by atoms with Gasteiger partial charge in [0.2, 0.25) is 0 Å². The maximum atomic E-state index is 12.2. The first-order chi connectivity index (χ1) is 12.3. The summed E-state index contributed by atoms with van der Waals surface area (Å²) in [5.41, 5.74) is 0. The lowest BCUT2D eigenvalue weighted by Gasteiger charge is -2.34. The summed E-state index contributed by atoms with van der Waals surface area (Å²) in [7, 11) is 3.87. The Morgan fingerprint density at radius 1 is 1.31 bits per heavy atom. The van der Waals surface area contributed by atoms with Crippen molar-refractivity contribution in [3.63, 3.8) is 0 Å². The molecule has 1 amide bonds. The molecule has 0 aromatic carbocycles. The summed E-state index contributed by atoms with van der Waals surface area (Å²) in [4.78, 5) is 32.1. The van der Waals surface area contributed by atoms with Crippen LogP contribution >= 0.6 is 22.7 Å². The van der Waals surface area contributed by atoms with E-state index in [-0.39, 0.29) is 18.6 Å². The molecule has 0 saturated heterocycles. The third-order valence-electron chi connectivity index (χ3n) is 5.05. The summed E-state index contributed by atoms with van der Waals surface area (Å²) in [5, 5.41) is 3.92. The minimum Gasteiger partial charge on any atom is -0.451 e. The van der Waals surface area contributed by atoms with Gasteiger partial charge in [-0.25, -0.2) is 9.78 Å². The number of carbonyl (C=O) groups is 2. The first-order valence-electron chi connectivity index (χ1n) is 8.89. The zero-order valence-corrected chi connectivity index (χ0v) is 17.2. The molecule has 2 aromatic heterocycles. The molecule has 0 aliphatic heterocycles. The fourth-order valence-corrected chi connectivity index (χ4v) is 5.28. The van der Waals surface area contributed by atoms with E-state index < -0.39 is 5.97 Å². The number of thiazole rings is 1. The zero-order valence-electron chi connectivity index (χ0n) is 15.6. The molecule has 3 rings (SSSR count). The Morgan fingerprint density at radius 3 is 2.77 bits per heavy atom. The molecule has 26 heavy (non-hydrogen) atoms. The Morgan fingerprint density at radius 2 is 2.08 bits per heavy atom. The number of ether oxygens (including phenoxy) is 1. The lowest BCUT2D eigenvalue weighted by molar-refractivity contribution is -0.125. The van der Waals surface area contributed by atoms with Crippen LogP contribution in [0.5, 0.6) is 0 Å². The highest BCUT2D eigenvalue weighted by atomic mass is 32.1. The number of rotatable bonds is 5. The number of hydrogen-bond acceptors (Lipinski definition) is 7. The van der Waals surface area contributed by atoms with Crippen LogP contribution in [0.25, 0.3) is 9.53 Å². The first kappa shape index (κ1) is 19.1. The summed E-state index contributed by atoms with van der Waals surface area (Å²) in [6, 6.07) is 1.96. The van der Waals surface area contributed by atoms with Gasteiger partial charge in [-0.1, -0.05) is 38.0 Å². The van der Waals surface area contributed by atoms with Gasteiger partial charge in [-0.3, -0.25) is 4.79 Å². The van der Waals surface area contributed by atoms with Crippen molar-refractivity contribution in [1.82, 2.24) is 10.3 Å². The molecule has 0 radical (unpaired) electrons. The van der Waals surface area contributed by atoms with Crippen molar-refractivity contribution in [2.24, 2.45) is 11.8 Å². The largest absolute Gasteiger partial charge is 0.451 e. The Hall–Kier alpha value is -1.67. The highest BCUT2D eigenvalue weighted by Gasteiger charge is 2.28. The molecule has 0 spiro atoms. The molecule has 2 aromatic rings. The summed E-state index contributed by atoms with van der Waals surface area (Å²) < 4.78 is 6.15. The maximum absolute atomic E-state index is 12.2. The predicted molar refractivity (Wildman–Crippen MR) is 106 cm³/mol. The number of nitrogens with one attached hydrogen (secondary N) is 1. The molecular formula is C18H25N3O3S2. The predicted octanol–water partition coefficient (Wildman–Crippen LogP) is 3.52. The lowest BCUT2D eigenvalue weighted by Crippen LogP contribution is -2.45. The highest BCUT2D eigenvalue weighted by molar-refractivity contribution is 7.29. The van der Waals surface area contributed by atoms with Crippen LogP contribution in [-0.2, 0) is 9.53 Å². The van der Waals surface area contributed by atoms with Gasteiger partial charge in [0.15, 0.2) is 11.7 Å². The van der Waals surface area contributed by atoms with Crippen LogP contribution in [0.4, 0.5) is 5.13 Å². The van der Waals surface area contributed by atoms with Crippen molar-refractivity contribution in [2.75, 3.05) is 25.6 Å². The van der Waals surface area contributed by atoms with Gasteiger partial charge in [0.05, 0.1) is 4.70 Å². The summed E-state index contributed by atoms with van der Waals surface area (Å²) >= 11 is 2.83. The molecule has 2 heterocycles. The Labute approximate surface area is 161 Å². The molecule has 1 saturated carbocycles. The van der Waals surface area contributed by atoms with Crippen molar-refractivity contribution in [1.29, 1.82) is 0 Å². The lowest BCUT2D eigenvalue weighted by atomic mass is 9.78. The van der Waals surface area contributed by atoms with Crippen molar-refractivity contribution in [3.05, 3.63) is 10.9 Å². The molecule has 1 aliphatic rings. The molecule has 1 aliphatic carbocycles. The van der Waals surface area contributed by atoms with Gasteiger partial charge in [0.25, 0.3) is 5.91 Å². The van der Waals surface area contributed by atoms with Gasteiger partial charge >= 0.3 is 5.97 Å². The number of carbonyl (C=O) groups excluding carboxylic acids is 2. The normalized spacial score (nSPS) is 23.0. The minimum absolute atomic E-state index is 0.172. The number of esters is 1. The van der Waals surface area contributed by atoms with Gasteiger partial charge in [-0.15, -0.1) is 11.3 Å². The molecule has 0 unspecified atom stereocenters. The molecule has 1 fully saturated rings. The number of amides is 1. The van der Waals surface area contributed by atoms with Crippen LogP contribution < -0.4 is 10.2 Å². The van der Waals surface area contributed by atoms with Gasteiger partial charge in [-0.05, 0) is 24.3 Å². The number of nitrogens with zero attached hydrogens (tertiary/aromatic N) is 2. The number of aromatic nitrogens is 1. The van der Waals surface area contributed by atoms with E-state index in [9.17, 15) is 9.59 Å². The van der Waals surface area contributed by atoms with E-state index in [2.05, 4.69) is 24.1 Å². The van der Waals surface area contributed by atoms with E-state index in [1.165, 1.54) is 29.1 Å². The monoisotopic (exact) mass is 395 g/mol. The van der Waals surface area contributed by atoms with E-state index in [4.69, 9.17) is 4.74 Å². The van der Waals surface area contributed by atoms with E-state index in [1.54, 1.807) is 6.07 Å².